The van der Waals surface area contributed by atoms with E-state index in [2.05, 4.69) is 21.5 Å². The first-order valence-electron chi connectivity index (χ1n) is 5.96. The highest BCUT2D eigenvalue weighted by Gasteiger charge is 2.27. The molecule has 0 saturated heterocycles. The van der Waals surface area contributed by atoms with Crippen molar-refractivity contribution in [1.29, 1.82) is 0 Å². The van der Waals surface area contributed by atoms with Gasteiger partial charge in [0.25, 0.3) is 0 Å². The van der Waals surface area contributed by atoms with E-state index in [1.165, 1.54) is 24.4 Å². The van der Waals surface area contributed by atoms with Crippen LogP contribution in [0.15, 0.2) is 30.3 Å². The second-order valence-electron chi connectivity index (χ2n) is 4.54. The Balaban J connectivity index is 1.69. The lowest BCUT2D eigenvalue weighted by Crippen LogP contribution is -2.13. The van der Waals surface area contributed by atoms with Crippen molar-refractivity contribution in [2.24, 2.45) is 5.73 Å². The fourth-order valence-electron chi connectivity index (χ4n) is 1.86. The van der Waals surface area contributed by atoms with Gasteiger partial charge < -0.3 is 5.73 Å². The van der Waals surface area contributed by atoms with Crippen molar-refractivity contribution in [3.05, 3.63) is 46.7 Å². The van der Waals surface area contributed by atoms with Gasteiger partial charge in [-0.2, -0.15) is 4.37 Å². The van der Waals surface area contributed by atoms with E-state index < -0.39 is 0 Å². The minimum absolute atomic E-state index is 0.0243. The van der Waals surface area contributed by atoms with Crippen LogP contribution in [-0.4, -0.2) is 9.36 Å². The standard InChI is InChI=1S/C13H15N3S/c14-11(9-4-2-1-3-5-9)8-12-15-13(16-17-12)10-6-7-10/h1-5,10-11H,6-8,14H2. The number of aromatic nitrogens is 2. The van der Waals surface area contributed by atoms with E-state index in [0.29, 0.717) is 5.92 Å². The van der Waals surface area contributed by atoms with Crippen LogP contribution in [0.5, 0.6) is 0 Å². The van der Waals surface area contributed by atoms with Gasteiger partial charge in [-0.15, -0.1) is 0 Å². The molecule has 1 fully saturated rings. The van der Waals surface area contributed by atoms with E-state index in [-0.39, 0.29) is 6.04 Å². The van der Waals surface area contributed by atoms with Gasteiger partial charge in [-0.3, -0.25) is 0 Å². The van der Waals surface area contributed by atoms with Crippen molar-refractivity contribution in [1.82, 2.24) is 9.36 Å². The first-order valence-corrected chi connectivity index (χ1v) is 6.73. The maximum Gasteiger partial charge on any atom is 0.145 e. The molecule has 2 aromatic rings. The molecular weight excluding hydrogens is 230 g/mol. The Kier molecular flexibility index (Phi) is 2.91. The summed E-state index contributed by atoms with van der Waals surface area (Å²) in [4.78, 5) is 4.57. The van der Waals surface area contributed by atoms with Gasteiger partial charge in [0.1, 0.15) is 10.8 Å². The molecule has 1 aliphatic rings. The largest absolute Gasteiger partial charge is 0.324 e. The van der Waals surface area contributed by atoms with E-state index in [0.717, 1.165) is 22.8 Å². The highest BCUT2D eigenvalue weighted by Crippen LogP contribution is 2.38. The second-order valence-corrected chi connectivity index (χ2v) is 5.38. The topological polar surface area (TPSA) is 51.8 Å². The third kappa shape index (κ3) is 2.53. The minimum atomic E-state index is 0.0243. The summed E-state index contributed by atoms with van der Waals surface area (Å²) in [6.45, 7) is 0. The smallest absolute Gasteiger partial charge is 0.145 e. The molecule has 0 radical (unpaired) electrons. The summed E-state index contributed by atoms with van der Waals surface area (Å²) in [5.74, 6) is 1.67. The van der Waals surface area contributed by atoms with Gasteiger partial charge in [-0.1, -0.05) is 30.3 Å². The predicted molar refractivity (Wildman–Crippen MR) is 69.0 cm³/mol. The number of hydrogen-bond acceptors (Lipinski definition) is 4. The van der Waals surface area contributed by atoms with Crippen LogP contribution < -0.4 is 5.73 Å². The molecule has 1 aliphatic carbocycles. The summed E-state index contributed by atoms with van der Waals surface area (Å²) in [5.41, 5.74) is 7.33. The quantitative estimate of drug-likeness (QED) is 0.901. The molecule has 3 nitrogen and oxygen atoms in total. The molecule has 0 bridgehead atoms. The molecule has 1 unspecified atom stereocenters. The van der Waals surface area contributed by atoms with Crippen molar-refractivity contribution in [2.45, 2.75) is 31.2 Å². The third-order valence-corrected chi connectivity index (χ3v) is 3.80. The van der Waals surface area contributed by atoms with Crippen LogP contribution in [0.25, 0.3) is 0 Å². The number of nitrogens with two attached hydrogens (primary N) is 1. The van der Waals surface area contributed by atoms with E-state index in [1.54, 1.807) is 0 Å². The molecule has 3 rings (SSSR count). The molecule has 1 aromatic carbocycles. The van der Waals surface area contributed by atoms with Crippen LogP contribution >= 0.6 is 11.5 Å². The van der Waals surface area contributed by atoms with Gasteiger partial charge >= 0.3 is 0 Å². The highest BCUT2D eigenvalue weighted by molar-refractivity contribution is 7.05. The summed E-state index contributed by atoms with van der Waals surface area (Å²) in [7, 11) is 0. The Bertz CT molecular complexity index is 490. The fourth-order valence-corrected chi connectivity index (χ4v) is 2.64. The predicted octanol–water partition coefficient (Wildman–Crippen LogP) is 2.66. The first kappa shape index (κ1) is 10.9. The molecule has 1 heterocycles. The Morgan fingerprint density at radius 1 is 1.29 bits per heavy atom. The van der Waals surface area contributed by atoms with Crippen LogP contribution in [0.4, 0.5) is 0 Å². The van der Waals surface area contributed by atoms with Crippen LogP contribution in [0, 0.1) is 0 Å². The van der Waals surface area contributed by atoms with E-state index in [4.69, 9.17) is 5.73 Å². The molecule has 88 valence electrons. The summed E-state index contributed by atoms with van der Waals surface area (Å²) < 4.78 is 4.40. The Morgan fingerprint density at radius 3 is 2.76 bits per heavy atom. The van der Waals surface area contributed by atoms with Crippen LogP contribution in [-0.2, 0) is 6.42 Å². The van der Waals surface area contributed by atoms with Gasteiger partial charge in [0.2, 0.25) is 0 Å². The number of hydrogen-bond donors (Lipinski definition) is 1. The lowest BCUT2D eigenvalue weighted by atomic mass is 10.1. The number of benzene rings is 1. The number of nitrogens with zero attached hydrogens (tertiary/aromatic N) is 2. The SMILES string of the molecule is NC(Cc1nc(C2CC2)ns1)c1ccccc1. The lowest BCUT2D eigenvalue weighted by Gasteiger charge is -2.09. The van der Waals surface area contributed by atoms with Crippen LogP contribution in [0.1, 0.15) is 41.2 Å². The van der Waals surface area contributed by atoms with Gasteiger partial charge in [-0.05, 0) is 29.9 Å². The minimum Gasteiger partial charge on any atom is -0.324 e. The van der Waals surface area contributed by atoms with Crippen molar-refractivity contribution in [3.8, 4) is 0 Å². The summed E-state index contributed by atoms with van der Waals surface area (Å²) in [6, 6.07) is 10.2. The molecular formula is C13H15N3S. The lowest BCUT2D eigenvalue weighted by molar-refractivity contribution is 0.714. The first-order chi connectivity index (χ1) is 8.33. The number of rotatable bonds is 4. The van der Waals surface area contributed by atoms with E-state index in [1.807, 2.05) is 18.2 Å². The molecule has 0 spiro atoms. The molecule has 1 aromatic heterocycles. The van der Waals surface area contributed by atoms with E-state index in [9.17, 15) is 0 Å². The summed E-state index contributed by atoms with van der Waals surface area (Å²) >= 11 is 1.50. The highest BCUT2D eigenvalue weighted by atomic mass is 32.1. The average molecular weight is 245 g/mol. The molecule has 0 amide bonds. The monoisotopic (exact) mass is 245 g/mol. The summed E-state index contributed by atoms with van der Waals surface area (Å²) in [6.07, 6.45) is 3.29. The fraction of sp³-hybridized carbons (Fsp3) is 0.385. The normalized spacial score (nSPS) is 17.0. The Labute approximate surface area is 105 Å². The third-order valence-electron chi connectivity index (χ3n) is 3.05. The van der Waals surface area contributed by atoms with E-state index >= 15 is 0 Å². The Morgan fingerprint density at radius 2 is 2.06 bits per heavy atom. The molecule has 4 heteroatoms. The summed E-state index contributed by atoms with van der Waals surface area (Å²) in [5, 5.41) is 1.06. The van der Waals surface area contributed by atoms with Gasteiger partial charge in [-0.25, -0.2) is 4.98 Å². The molecule has 2 N–H and O–H groups in total. The molecule has 1 saturated carbocycles. The maximum atomic E-state index is 6.17. The zero-order chi connectivity index (χ0) is 11.7. The average Bonchev–Trinajstić information content (AvgIpc) is 3.12. The van der Waals surface area contributed by atoms with Gasteiger partial charge in [0, 0.05) is 18.4 Å². The molecule has 17 heavy (non-hydrogen) atoms. The zero-order valence-corrected chi connectivity index (χ0v) is 10.4. The Hall–Kier alpha value is -1.26. The van der Waals surface area contributed by atoms with Gasteiger partial charge in [0.15, 0.2) is 0 Å². The van der Waals surface area contributed by atoms with Crippen molar-refractivity contribution < 1.29 is 0 Å². The van der Waals surface area contributed by atoms with Crippen LogP contribution in [0.2, 0.25) is 0 Å². The van der Waals surface area contributed by atoms with Crippen molar-refractivity contribution >= 4 is 11.5 Å². The van der Waals surface area contributed by atoms with Crippen molar-refractivity contribution in [3.63, 3.8) is 0 Å². The molecule has 0 aliphatic heterocycles. The molecule has 1 atom stereocenters. The van der Waals surface area contributed by atoms with Crippen molar-refractivity contribution in [2.75, 3.05) is 0 Å². The van der Waals surface area contributed by atoms with Crippen LogP contribution in [0.3, 0.4) is 0 Å². The van der Waals surface area contributed by atoms with Gasteiger partial charge in [0.05, 0.1) is 0 Å². The second kappa shape index (κ2) is 4.55. The zero-order valence-electron chi connectivity index (χ0n) is 9.54. The maximum absolute atomic E-state index is 6.17.